The third kappa shape index (κ3) is 3.47. The van der Waals surface area contributed by atoms with Crippen molar-refractivity contribution < 1.29 is 14.6 Å². The van der Waals surface area contributed by atoms with Gasteiger partial charge < -0.3 is 14.7 Å². The van der Waals surface area contributed by atoms with Gasteiger partial charge >= 0.3 is 5.97 Å². The number of aromatic nitrogens is 2. The van der Waals surface area contributed by atoms with E-state index in [1.807, 2.05) is 0 Å². The van der Waals surface area contributed by atoms with E-state index in [-0.39, 0.29) is 6.54 Å². The summed E-state index contributed by atoms with van der Waals surface area (Å²) < 4.78 is 4.93. The molecule has 0 saturated carbocycles. The maximum absolute atomic E-state index is 10.7. The second kappa shape index (κ2) is 6.02. The number of aryl methyl sites for hydroxylation is 1. The van der Waals surface area contributed by atoms with Crippen LogP contribution in [0.2, 0.25) is 0 Å². The number of carbonyl (C=O) groups is 1. The first-order valence-electron chi connectivity index (χ1n) is 4.88. The SMILES string of the molecule is COCCN(CC(=O)O)c1nccnc1C. The number of ether oxygens (including phenoxy) is 1. The van der Waals surface area contributed by atoms with Crippen LogP contribution in [0, 0.1) is 6.92 Å². The second-order valence-corrected chi connectivity index (χ2v) is 3.27. The van der Waals surface area contributed by atoms with Gasteiger partial charge in [0.25, 0.3) is 0 Å². The molecule has 1 aromatic rings. The summed E-state index contributed by atoms with van der Waals surface area (Å²) in [5, 5.41) is 8.80. The number of hydrogen-bond acceptors (Lipinski definition) is 5. The van der Waals surface area contributed by atoms with Crippen molar-refractivity contribution in [1.82, 2.24) is 9.97 Å². The predicted molar refractivity (Wildman–Crippen MR) is 58.5 cm³/mol. The number of rotatable bonds is 6. The second-order valence-electron chi connectivity index (χ2n) is 3.27. The molecule has 0 aliphatic heterocycles. The summed E-state index contributed by atoms with van der Waals surface area (Å²) in [4.78, 5) is 20.6. The first-order chi connectivity index (χ1) is 7.65. The quantitative estimate of drug-likeness (QED) is 0.751. The largest absolute Gasteiger partial charge is 0.480 e. The van der Waals surface area contributed by atoms with E-state index in [1.165, 1.54) is 0 Å². The normalized spacial score (nSPS) is 10.1. The van der Waals surface area contributed by atoms with Crippen LogP contribution in [0.3, 0.4) is 0 Å². The lowest BCUT2D eigenvalue weighted by atomic mass is 10.3. The molecule has 0 amide bonds. The maximum atomic E-state index is 10.7. The molecular formula is C10H15N3O3. The monoisotopic (exact) mass is 225 g/mol. The highest BCUT2D eigenvalue weighted by atomic mass is 16.5. The number of carboxylic acids is 1. The van der Waals surface area contributed by atoms with Crippen LogP contribution in [-0.2, 0) is 9.53 Å². The number of anilines is 1. The van der Waals surface area contributed by atoms with Crippen LogP contribution in [0.4, 0.5) is 5.82 Å². The van der Waals surface area contributed by atoms with Gasteiger partial charge in [-0.25, -0.2) is 4.98 Å². The Hall–Kier alpha value is -1.69. The minimum atomic E-state index is -0.902. The molecule has 6 heteroatoms. The van der Waals surface area contributed by atoms with Gasteiger partial charge in [0.05, 0.1) is 12.3 Å². The van der Waals surface area contributed by atoms with Crippen molar-refractivity contribution in [3.8, 4) is 0 Å². The Balaban J connectivity index is 2.82. The van der Waals surface area contributed by atoms with Gasteiger partial charge in [0, 0.05) is 26.0 Å². The smallest absolute Gasteiger partial charge is 0.323 e. The van der Waals surface area contributed by atoms with E-state index in [0.29, 0.717) is 24.7 Å². The highest BCUT2D eigenvalue weighted by Crippen LogP contribution is 2.12. The summed E-state index contributed by atoms with van der Waals surface area (Å²) >= 11 is 0. The van der Waals surface area contributed by atoms with Crippen molar-refractivity contribution in [2.75, 3.05) is 31.7 Å². The van der Waals surface area contributed by atoms with Crippen LogP contribution in [0.15, 0.2) is 12.4 Å². The summed E-state index contributed by atoms with van der Waals surface area (Å²) in [5.41, 5.74) is 0.708. The van der Waals surface area contributed by atoms with Crippen LogP contribution in [-0.4, -0.2) is 47.8 Å². The summed E-state index contributed by atoms with van der Waals surface area (Å²) in [6, 6.07) is 0. The third-order valence-corrected chi connectivity index (χ3v) is 2.05. The van der Waals surface area contributed by atoms with E-state index < -0.39 is 5.97 Å². The topological polar surface area (TPSA) is 75.5 Å². The van der Waals surface area contributed by atoms with E-state index in [9.17, 15) is 4.79 Å². The molecule has 0 fully saturated rings. The fraction of sp³-hybridized carbons (Fsp3) is 0.500. The highest BCUT2D eigenvalue weighted by molar-refractivity contribution is 5.73. The molecule has 1 rings (SSSR count). The van der Waals surface area contributed by atoms with Gasteiger partial charge in [0.15, 0.2) is 5.82 Å². The Bertz CT molecular complexity index is 357. The highest BCUT2D eigenvalue weighted by Gasteiger charge is 2.14. The zero-order valence-electron chi connectivity index (χ0n) is 9.38. The minimum Gasteiger partial charge on any atom is -0.480 e. The molecule has 6 nitrogen and oxygen atoms in total. The van der Waals surface area contributed by atoms with E-state index in [4.69, 9.17) is 9.84 Å². The van der Waals surface area contributed by atoms with E-state index in [0.717, 1.165) is 0 Å². The predicted octanol–water partition coefficient (Wildman–Crippen LogP) is 0.322. The lowest BCUT2D eigenvalue weighted by Gasteiger charge is -2.22. The number of carboxylic acid groups (broad SMARTS) is 1. The van der Waals surface area contributed by atoms with Gasteiger partial charge in [-0.3, -0.25) is 9.78 Å². The maximum Gasteiger partial charge on any atom is 0.323 e. The number of methoxy groups -OCH3 is 1. The van der Waals surface area contributed by atoms with Gasteiger partial charge in [0.2, 0.25) is 0 Å². The molecule has 0 atom stereocenters. The number of aliphatic carboxylic acids is 1. The Labute approximate surface area is 93.9 Å². The fourth-order valence-electron chi connectivity index (χ4n) is 1.34. The molecule has 16 heavy (non-hydrogen) atoms. The third-order valence-electron chi connectivity index (χ3n) is 2.05. The zero-order chi connectivity index (χ0) is 12.0. The van der Waals surface area contributed by atoms with Crippen LogP contribution in [0.5, 0.6) is 0 Å². The number of hydrogen-bond donors (Lipinski definition) is 1. The minimum absolute atomic E-state index is 0.108. The lowest BCUT2D eigenvalue weighted by molar-refractivity contribution is -0.135. The molecular weight excluding hydrogens is 210 g/mol. The van der Waals surface area contributed by atoms with E-state index >= 15 is 0 Å². The molecule has 1 aromatic heterocycles. The van der Waals surface area contributed by atoms with Crippen LogP contribution in [0.1, 0.15) is 5.69 Å². The molecule has 0 aliphatic carbocycles. The van der Waals surface area contributed by atoms with Crippen molar-refractivity contribution in [1.29, 1.82) is 0 Å². The average Bonchev–Trinajstić information content (AvgIpc) is 2.24. The van der Waals surface area contributed by atoms with Crippen molar-refractivity contribution >= 4 is 11.8 Å². The standard InChI is InChI=1S/C10H15N3O3/c1-8-10(12-4-3-11-8)13(5-6-16-2)7-9(14)15/h3-4H,5-7H2,1-2H3,(H,14,15). The van der Waals surface area contributed by atoms with Gasteiger partial charge in [-0.1, -0.05) is 0 Å². The first kappa shape index (κ1) is 12.4. The van der Waals surface area contributed by atoms with E-state index in [2.05, 4.69) is 9.97 Å². The molecule has 0 bridgehead atoms. The van der Waals surface area contributed by atoms with Crippen molar-refractivity contribution in [2.45, 2.75) is 6.92 Å². The molecule has 1 N–H and O–H groups in total. The summed E-state index contributed by atoms with van der Waals surface area (Å²) in [5.74, 6) is -0.317. The number of nitrogens with zero attached hydrogens (tertiary/aromatic N) is 3. The van der Waals surface area contributed by atoms with Crippen LogP contribution >= 0.6 is 0 Å². The Morgan fingerprint density at radius 3 is 2.75 bits per heavy atom. The Morgan fingerprint density at radius 2 is 2.19 bits per heavy atom. The van der Waals surface area contributed by atoms with Gasteiger partial charge in [0.1, 0.15) is 6.54 Å². The molecule has 0 aromatic carbocycles. The average molecular weight is 225 g/mol. The molecule has 0 radical (unpaired) electrons. The van der Waals surface area contributed by atoms with Gasteiger partial charge in [-0.2, -0.15) is 0 Å². The summed E-state index contributed by atoms with van der Waals surface area (Å²) in [6.07, 6.45) is 3.12. The Morgan fingerprint density at radius 1 is 1.50 bits per heavy atom. The van der Waals surface area contributed by atoms with Crippen LogP contribution < -0.4 is 4.90 Å². The first-order valence-corrected chi connectivity index (χ1v) is 4.88. The fourth-order valence-corrected chi connectivity index (χ4v) is 1.34. The van der Waals surface area contributed by atoms with Crippen LogP contribution in [0.25, 0.3) is 0 Å². The lowest BCUT2D eigenvalue weighted by Crippen LogP contribution is -2.34. The van der Waals surface area contributed by atoms with Crippen molar-refractivity contribution in [3.05, 3.63) is 18.1 Å². The molecule has 88 valence electrons. The Kier molecular flexibility index (Phi) is 4.65. The van der Waals surface area contributed by atoms with Gasteiger partial charge in [-0.15, -0.1) is 0 Å². The van der Waals surface area contributed by atoms with Crippen molar-refractivity contribution in [2.24, 2.45) is 0 Å². The molecule has 0 unspecified atom stereocenters. The van der Waals surface area contributed by atoms with E-state index in [1.54, 1.807) is 31.3 Å². The molecule has 0 spiro atoms. The van der Waals surface area contributed by atoms with Crippen molar-refractivity contribution in [3.63, 3.8) is 0 Å². The zero-order valence-corrected chi connectivity index (χ0v) is 9.38. The molecule has 0 aliphatic rings. The molecule has 1 heterocycles. The summed E-state index contributed by atoms with van der Waals surface area (Å²) in [7, 11) is 1.57. The summed E-state index contributed by atoms with van der Waals surface area (Å²) in [6.45, 7) is 2.61. The van der Waals surface area contributed by atoms with Gasteiger partial charge in [-0.05, 0) is 6.92 Å². The molecule has 0 saturated heterocycles.